The first kappa shape index (κ1) is 24.1. The van der Waals surface area contributed by atoms with Gasteiger partial charge in [-0.15, -0.1) is 5.10 Å². The largest absolute Gasteiger partial charge is 0.437 e. The molecular formula is C25H28N8O5. The van der Waals surface area contributed by atoms with E-state index in [2.05, 4.69) is 25.3 Å². The van der Waals surface area contributed by atoms with Gasteiger partial charge in [0.1, 0.15) is 17.9 Å². The molecule has 1 unspecified atom stereocenters. The molecule has 13 heteroatoms. The fourth-order valence-corrected chi connectivity index (χ4v) is 5.20. The van der Waals surface area contributed by atoms with E-state index in [1.54, 1.807) is 41.2 Å². The lowest BCUT2D eigenvalue weighted by Gasteiger charge is -2.27. The minimum absolute atomic E-state index is 0.0822. The molecule has 3 aromatic rings. The number of carbonyl (C=O) groups excluding carboxylic acids is 2. The first-order valence-electron chi connectivity index (χ1n) is 12.7. The monoisotopic (exact) mass is 520 g/mol. The van der Waals surface area contributed by atoms with Crippen molar-refractivity contribution in [2.75, 3.05) is 61.6 Å². The van der Waals surface area contributed by atoms with Crippen molar-refractivity contribution in [3.05, 3.63) is 46.6 Å². The maximum absolute atomic E-state index is 13.7. The minimum Gasteiger partial charge on any atom is -0.388 e. The number of carbonyl (C=O) groups is 2. The van der Waals surface area contributed by atoms with E-state index in [1.165, 1.54) is 0 Å². The minimum atomic E-state index is -0.717. The molecule has 1 aromatic carbocycles. The average molecular weight is 521 g/mol. The molecule has 3 aliphatic rings. The van der Waals surface area contributed by atoms with Crippen molar-refractivity contribution >= 4 is 29.3 Å². The van der Waals surface area contributed by atoms with E-state index in [-0.39, 0.29) is 30.3 Å². The van der Waals surface area contributed by atoms with Gasteiger partial charge in [0.15, 0.2) is 0 Å². The van der Waals surface area contributed by atoms with Gasteiger partial charge in [0.05, 0.1) is 13.2 Å². The molecule has 5 heterocycles. The third kappa shape index (κ3) is 4.38. The number of amides is 2. The van der Waals surface area contributed by atoms with Crippen molar-refractivity contribution in [2.24, 2.45) is 0 Å². The molecule has 0 spiro atoms. The average Bonchev–Trinajstić information content (AvgIpc) is 3.55. The second-order valence-electron chi connectivity index (χ2n) is 9.46. The summed E-state index contributed by atoms with van der Waals surface area (Å²) in [6.45, 7) is 3.00. The highest BCUT2D eigenvalue weighted by molar-refractivity contribution is 6.10. The lowest BCUT2D eigenvalue weighted by Crippen LogP contribution is -2.43. The number of anilines is 3. The zero-order chi connectivity index (χ0) is 26.2. The van der Waals surface area contributed by atoms with Crippen LogP contribution >= 0.6 is 0 Å². The molecule has 0 radical (unpaired) electrons. The summed E-state index contributed by atoms with van der Waals surface area (Å²) < 4.78 is 11.7. The molecule has 0 saturated carbocycles. The van der Waals surface area contributed by atoms with Crippen molar-refractivity contribution < 1.29 is 18.7 Å². The van der Waals surface area contributed by atoms with E-state index in [1.807, 2.05) is 6.07 Å². The number of fused-ring (bicyclic) bond motifs is 3. The summed E-state index contributed by atoms with van der Waals surface area (Å²) in [4.78, 5) is 53.2. The first-order chi connectivity index (χ1) is 18.5. The highest BCUT2D eigenvalue weighted by atomic mass is 16.5. The maximum Gasteiger partial charge on any atom is 0.437 e. The summed E-state index contributed by atoms with van der Waals surface area (Å²) in [7, 11) is 1.75. The van der Waals surface area contributed by atoms with E-state index in [0.717, 1.165) is 24.1 Å². The van der Waals surface area contributed by atoms with Crippen LogP contribution in [0.1, 0.15) is 23.2 Å². The summed E-state index contributed by atoms with van der Waals surface area (Å²) >= 11 is 0. The van der Waals surface area contributed by atoms with Crippen LogP contribution in [0, 0.1) is 0 Å². The van der Waals surface area contributed by atoms with Crippen LogP contribution in [0.25, 0.3) is 11.5 Å². The van der Waals surface area contributed by atoms with Crippen molar-refractivity contribution in [3.63, 3.8) is 0 Å². The molecule has 0 aliphatic carbocycles. The van der Waals surface area contributed by atoms with Crippen LogP contribution in [-0.4, -0.2) is 88.9 Å². The highest BCUT2D eigenvalue weighted by Crippen LogP contribution is 2.34. The summed E-state index contributed by atoms with van der Waals surface area (Å²) in [6, 6.07) is 7.26. The maximum atomic E-state index is 13.7. The van der Waals surface area contributed by atoms with E-state index >= 15 is 0 Å². The number of nitrogens with one attached hydrogen (secondary N) is 1. The van der Waals surface area contributed by atoms with Gasteiger partial charge in [-0.25, -0.2) is 9.78 Å². The van der Waals surface area contributed by atoms with Crippen molar-refractivity contribution in [1.29, 1.82) is 0 Å². The van der Waals surface area contributed by atoms with Crippen molar-refractivity contribution in [3.8, 4) is 11.5 Å². The third-order valence-corrected chi connectivity index (χ3v) is 7.17. The Hall–Kier alpha value is -4.26. The van der Waals surface area contributed by atoms with Crippen molar-refractivity contribution in [2.45, 2.75) is 25.4 Å². The van der Waals surface area contributed by atoms with Gasteiger partial charge in [-0.3, -0.25) is 9.59 Å². The van der Waals surface area contributed by atoms with Crippen LogP contribution in [0.5, 0.6) is 0 Å². The quantitative estimate of drug-likeness (QED) is 0.514. The standard InChI is InChI=1S/C25H28N8O5/c1-26-24-27-13-19-21(28-24)31-7-3-6-18(31)14-32(23(19)35)17-5-2-4-16(12-17)22-29-33(25(36)38-22)15-20(34)30-8-10-37-11-9-30/h2,4-5,12-13,18H,3,6-11,14-15H2,1H3,(H,26,27,28). The Labute approximate surface area is 218 Å². The SMILES string of the molecule is CNc1ncc2c(n1)N1CCCC1CN(c1cccc(-c3nn(CC(=O)N4CCOCC4)c(=O)o3)c1)C2=O. The van der Waals surface area contributed by atoms with Gasteiger partial charge in [0.25, 0.3) is 5.91 Å². The van der Waals surface area contributed by atoms with Crippen LogP contribution in [-0.2, 0) is 16.1 Å². The Kier molecular flexibility index (Phi) is 6.27. The molecule has 13 nitrogen and oxygen atoms in total. The molecule has 2 amide bonds. The summed E-state index contributed by atoms with van der Waals surface area (Å²) in [5.74, 6) is 0.0603. The first-order valence-corrected chi connectivity index (χ1v) is 12.7. The highest BCUT2D eigenvalue weighted by Gasteiger charge is 2.37. The van der Waals surface area contributed by atoms with E-state index in [4.69, 9.17) is 9.15 Å². The second kappa shape index (κ2) is 9.89. The van der Waals surface area contributed by atoms with Crippen LogP contribution in [0.15, 0.2) is 39.7 Å². The molecule has 2 aromatic heterocycles. The lowest BCUT2D eigenvalue weighted by atomic mass is 10.1. The summed E-state index contributed by atoms with van der Waals surface area (Å²) in [5.41, 5.74) is 1.61. The summed E-state index contributed by atoms with van der Waals surface area (Å²) in [5, 5.41) is 7.22. The van der Waals surface area contributed by atoms with Gasteiger partial charge in [-0.2, -0.15) is 9.67 Å². The molecule has 3 aliphatic heterocycles. The Balaban J connectivity index is 1.29. The number of hydrogen-bond acceptors (Lipinski definition) is 10. The molecule has 1 atom stereocenters. The molecule has 2 fully saturated rings. The van der Waals surface area contributed by atoms with Crippen LogP contribution in [0.4, 0.5) is 17.5 Å². The molecular weight excluding hydrogens is 492 g/mol. The normalized spacial score (nSPS) is 19.2. The predicted molar refractivity (Wildman–Crippen MR) is 137 cm³/mol. The van der Waals surface area contributed by atoms with Gasteiger partial charge >= 0.3 is 5.76 Å². The topological polar surface area (TPSA) is 139 Å². The number of hydrogen-bond donors (Lipinski definition) is 1. The second-order valence-corrected chi connectivity index (χ2v) is 9.46. The van der Waals surface area contributed by atoms with Crippen LogP contribution in [0.3, 0.4) is 0 Å². The molecule has 38 heavy (non-hydrogen) atoms. The van der Waals surface area contributed by atoms with Gasteiger partial charge in [-0.05, 0) is 31.0 Å². The van der Waals surface area contributed by atoms with Gasteiger partial charge in [0.2, 0.25) is 17.7 Å². The van der Waals surface area contributed by atoms with E-state index in [0.29, 0.717) is 61.4 Å². The Morgan fingerprint density at radius 3 is 2.84 bits per heavy atom. The molecule has 0 bridgehead atoms. The number of ether oxygens (including phenoxy) is 1. The number of rotatable bonds is 5. The molecule has 1 N–H and O–H groups in total. The third-order valence-electron chi connectivity index (χ3n) is 7.17. The van der Waals surface area contributed by atoms with Gasteiger partial charge < -0.3 is 29.2 Å². The molecule has 198 valence electrons. The zero-order valence-corrected chi connectivity index (χ0v) is 21.0. The van der Waals surface area contributed by atoms with E-state index < -0.39 is 5.76 Å². The number of aromatic nitrogens is 4. The van der Waals surface area contributed by atoms with Crippen LogP contribution in [0.2, 0.25) is 0 Å². The fraction of sp³-hybridized carbons (Fsp3) is 0.440. The number of nitrogens with zero attached hydrogens (tertiary/aromatic N) is 7. The Bertz CT molecular complexity index is 1430. The van der Waals surface area contributed by atoms with Gasteiger partial charge in [-0.1, -0.05) is 6.07 Å². The smallest absolute Gasteiger partial charge is 0.388 e. The zero-order valence-electron chi connectivity index (χ0n) is 21.0. The van der Waals surface area contributed by atoms with Crippen molar-refractivity contribution in [1.82, 2.24) is 24.6 Å². The molecule has 6 rings (SSSR count). The fourth-order valence-electron chi connectivity index (χ4n) is 5.20. The predicted octanol–water partition coefficient (Wildman–Crippen LogP) is 0.823. The Morgan fingerprint density at radius 1 is 1.18 bits per heavy atom. The Morgan fingerprint density at radius 2 is 2.03 bits per heavy atom. The van der Waals surface area contributed by atoms with E-state index in [9.17, 15) is 14.4 Å². The number of morpholine rings is 1. The molecule has 2 saturated heterocycles. The van der Waals surface area contributed by atoms with Gasteiger partial charge in [0, 0.05) is 56.7 Å². The number of benzene rings is 1. The lowest BCUT2D eigenvalue weighted by molar-refractivity contribution is -0.136. The van der Waals surface area contributed by atoms with Crippen LogP contribution < -0.4 is 20.9 Å². The summed E-state index contributed by atoms with van der Waals surface area (Å²) in [6.07, 6.45) is 3.52.